The van der Waals surface area contributed by atoms with E-state index in [9.17, 15) is 4.79 Å². The van der Waals surface area contributed by atoms with Crippen LogP contribution in [0.5, 0.6) is 0 Å². The molecule has 0 bridgehead atoms. The summed E-state index contributed by atoms with van der Waals surface area (Å²) in [5, 5.41) is 3.01. The lowest BCUT2D eigenvalue weighted by Gasteiger charge is -2.45. The molecule has 1 aliphatic carbocycles. The molecule has 0 unspecified atom stereocenters. The molecule has 2 heterocycles. The van der Waals surface area contributed by atoms with Crippen molar-refractivity contribution in [2.75, 3.05) is 11.4 Å². The molecule has 2 nitrogen and oxygen atoms in total. The monoisotopic (exact) mass is 313 g/mol. The van der Waals surface area contributed by atoms with Gasteiger partial charge in [-0.15, -0.1) is 11.3 Å². The standard InChI is InChI=1S/C19H23NOS/c1-13-8-9-18-15(11-13)19(21)17(12-22-18)20-10-4-6-14-5-2-3-7-16(14)20/h8-9,11-12,14,16H,2-7,10H2,1H3/t14-,16-/m0/s1. The van der Waals surface area contributed by atoms with Gasteiger partial charge in [-0.25, -0.2) is 0 Å². The lowest BCUT2D eigenvalue weighted by molar-refractivity contribution is 0.243. The summed E-state index contributed by atoms with van der Waals surface area (Å²) < 4.78 is 1.11. The van der Waals surface area contributed by atoms with E-state index in [1.807, 2.05) is 0 Å². The second-order valence-corrected chi connectivity index (χ2v) is 7.81. The van der Waals surface area contributed by atoms with E-state index in [1.54, 1.807) is 11.3 Å². The number of rotatable bonds is 1. The zero-order chi connectivity index (χ0) is 15.1. The van der Waals surface area contributed by atoms with Gasteiger partial charge in [0.1, 0.15) is 0 Å². The minimum atomic E-state index is 0.240. The number of fused-ring (bicyclic) bond motifs is 2. The molecule has 0 N–H and O–H groups in total. The van der Waals surface area contributed by atoms with E-state index in [4.69, 9.17) is 0 Å². The fourth-order valence-electron chi connectivity index (χ4n) is 4.36. The number of anilines is 1. The topological polar surface area (TPSA) is 20.3 Å². The van der Waals surface area contributed by atoms with Crippen molar-refractivity contribution in [2.24, 2.45) is 5.92 Å². The Kier molecular flexibility index (Phi) is 3.69. The highest BCUT2D eigenvalue weighted by Crippen LogP contribution is 2.37. The van der Waals surface area contributed by atoms with Crippen LogP contribution in [-0.4, -0.2) is 12.6 Å². The van der Waals surface area contributed by atoms with Gasteiger partial charge in [0.2, 0.25) is 5.43 Å². The quantitative estimate of drug-likeness (QED) is 0.758. The second kappa shape index (κ2) is 5.69. The number of aryl methyl sites for hydroxylation is 1. The average Bonchev–Trinajstić information content (AvgIpc) is 2.55. The number of hydrogen-bond acceptors (Lipinski definition) is 3. The molecule has 1 aromatic carbocycles. The predicted octanol–water partition coefficient (Wildman–Crippen LogP) is 4.73. The Hall–Kier alpha value is -1.35. The van der Waals surface area contributed by atoms with Crippen molar-refractivity contribution >= 4 is 27.1 Å². The summed E-state index contributed by atoms with van der Waals surface area (Å²) in [6.45, 7) is 3.12. The van der Waals surface area contributed by atoms with Crippen LogP contribution >= 0.6 is 11.3 Å². The summed E-state index contributed by atoms with van der Waals surface area (Å²) >= 11 is 1.72. The number of nitrogens with zero attached hydrogens (tertiary/aromatic N) is 1. The molecule has 2 fully saturated rings. The predicted molar refractivity (Wildman–Crippen MR) is 95.2 cm³/mol. The number of hydrogen-bond donors (Lipinski definition) is 0. The molecule has 116 valence electrons. The molecule has 1 aromatic heterocycles. The first-order chi connectivity index (χ1) is 10.7. The lowest BCUT2D eigenvalue weighted by Crippen LogP contribution is -2.48. The molecule has 2 atom stereocenters. The van der Waals surface area contributed by atoms with Crippen LogP contribution in [0.15, 0.2) is 28.4 Å². The Morgan fingerprint density at radius 3 is 2.86 bits per heavy atom. The van der Waals surface area contributed by atoms with E-state index in [2.05, 4.69) is 35.4 Å². The zero-order valence-corrected chi connectivity index (χ0v) is 14.0. The van der Waals surface area contributed by atoms with Crippen molar-refractivity contribution in [3.8, 4) is 0 Å². The van der Waals surface area contributed by atoms with Gasteiger partial charge >= 0.3 is 0 Å². The molecular formula is C19H23NOS. The highest BCUT2D eigenvalue weighted by molar-refractivity contribution is 7.16. The van der Waals surface area contributed by atoms with Gasteiger partial charge in [0, 0.05) is 28.1 Å². The molecule has 22 heavy (non-hydrogen) atoms. The van der Waals surface area contributed by atoms with Gasteiger partial charge in [0.25, 0.3) is 0 Å². The Labute approximate surface area is 135 Å². The first-order valence-electron chi connectivity index (χ1n) is 8.53. The zero-order valence-electron chi connectivity index (χ0n) is 13.2. The minimum Gasteiger partial charge on any atom is -0.364 e. The summed E-state index contributed by atoms with van der Waals surface area (Å²) in [7, 11) is 0. The van der Waals surface area contributed by atoms with Crippen molar-refractivity contribution in [1.82, 2.24) is 0 Å². The van der Waals surface area contributed by atoms with Crippen LogP contribution in [0, 0.1) is 12.8 Å². The average molecular weight is 313 g/mol. The normalized spacial score (nSPS) is 25.2. The second-order valence-electron chi connectivity index (χ2n) is 6.90. The summed E-state index contributed by atoms with van der Waals surface area (Å²) in [5.74, 6) is 0.806. The first kappa shape index (κ1) is 14.3. The third kappa shape index (κ3) is 2.36. The lowest BCUT2D eigenvalue weighted by atomic mass is 9.78. The molecule has 2 aromatic rings. The fraction of sp³-hybridized carbons (Fsp3) is 0.526. The largest absolute Gasteiger partial charge is 0.364 e. The maximum absolute atomic E-state index is 13.0. The van der Waals surface area contributed by atoms with E-state index in [1.165, 1.54) is 44.1 Å². The van der Waals surface area contributed by atoms with Crippen molar-refractivity contribution in [2.45, 2.75) is 51.5 Å². The maximum atomic E-state index is 13.0. The molecule has 0 amide bonds. The Bertz CT molecular complexity index is 749. The van der Waals surface area contributed by atoms with Crippen LogP contribution in [0.4, 0.5) is 5.69 Å². The third-order valence-corrected chi connectivity index (χ3v) is 6.41. The molecule has 1 saturated carbocycles. The summed E-state index contributed by atoms with van der Waals surface area (Å²) in [6.07, 6.45) is 7.90. The van der Waals surface area contributed by atoms with Crippen LogP contribution in [0.3, 0.4) is 0 Å². The van der Waals surface area contributed by atoms with Crippen LogP contribution in [0.25, 0.3) is 10.1 Å². The first-order valence-corrected chi connectivity index (χ1v) is 9.41. The number of benzene rings is 1. The van der Waals surface area contributed by atoms with Crippen LogP contribution < -0.4 is 10.3 Å². The fourth-order valence-corrected chi connectivity index (χ4v) is 5.26. The van der Waals surface area contributed by atoms with Crippen molar-refractivity contribution in [1.29, 1.82) is 0 Å². The van der Waals surface area contributed by atoms with Crippen LogP contribution in [0.2, 0.25) is 0 Å². The van der Waals surface area contributed by atoms with Crippen LogP contribution in [-0.2, 0) is 0 Å². The molecule has 3 heteroatoms. The van der Waals surface area contributed by atoms with Crippen LogP contribution in [0.1, 0.15) is 44.1 Å². The van der Waals surface area contributed by atoms with Gasteiger partial charge in [-0.3, -0.25) is 4.79 Å². The van der Waals surface area contributed by atoms with Gasteiger partial charge in [-0.05, 0) is 50.7 Å². The van der Waals surface area contributed by atoms with Gasteiger partial charge in [0.05, 0.1) is 5.69 Å². The highest BCUT2D eigenvalue weighted by atomic mass is 32.1. The highest BCUT2D eigenvalue weighted by Gasteiger charge is 2.34. The van der Waals surface area contributed by atoms with E-state index in [0.717, 1.165) is 28.2 Å². The van der Waals surface area contributed by atoms with Gasteiger partial charge in [-0.1, -0.05) is 24.5 Å². The third-order valence-electron chi connectivity index (χ3n) is 5.46. The maximum Gasteiger partial charge on any atom is 0.211 e. The Morgan fingerprint density at radius 2 is 1.95 bits per heavy atom. The van der Waals surface area contributed by atoms with Crippen molar-refractivity contribution in [3.63, 3.8) is 0 Å². The summed E-state index contributed by atoms with van der Waals surface area (Å²) in [5.41, 5.74) is 2.37. The van der Waals surface area contributed by atoms with Crippen molar-refractivity contribution in [3.05, 3.63) is 39.4 Å². The molecule has 2 aliphatic rings. The molecule has 0 radical (unpaired) electrons. The molecule has 0 spiro atoms. The molecule has 1 saturated heterocycles. The summed E-state index contributed by atoms with van der Waals surface area (Å²) in [6, 6.07) is 6.83. The Balaban J connectivity index is 1.79. The molecule has 4 rings (SSSR count). The molecular weight excluding hydrogens is 290 g/mol. The van der Waals surface area contributed by atoms with E-state index in [-0.39, 0.29) is 5.43 Å². The SMILES string of the molecule is Cc1ccc2scc(N3CCC[C@@H]4CCCC[C@@H]43)c(=O)c2c1. The van der Waals surface area contributed by atoms with E-state index < -0.39 is 0 Å². The van der Waals surface area contributed by atoms with Gasteiger partial charge < -0.3 is 4.90 Å². The molecule has 1 aliphatic heterocycles. The van der Waals surface area contributed by atoms with E-state index >= 15 is 0 Å². The van der Waals surface area contributed by atoms with E-state index in [0.29, 0.717) is 6.04 Å². The smallest absolute Gasteiger partial charge is 0.211 e. The minimum absolute atomic E-state index is 0.240. The Morgan fingerprint density at radius 1 is 1.14 bits per heavy atom. The summed E-state index contributed by atoms with van der Waals surface area (Å²) in [4.78, 5) is 15.5. The van der Waals surface area contributed by atoms with Crippen molar-refractivity contribution < 1.29 is 0 Å². The van der Waals surface area contributed by atoms with Gasteiger partial charge in [-0.2, -0.15) is 0 Å². The van der Waals surface area contributed by atoms with Gasteiger partial charge in [0.15, 0.2) is 0 Å². The number of piperidine rings is 1.